The van der Waals surface area contributed by atoms with Crippen LogP contribution in [0.25, 0.3) is 21.8 Å². The molecule has 0 N–H and O–H groups in total. The van der Waals surface area contributed by atoms with E-state index < -0.39 is 22.3 Å². The monoisotopic (exact) mass is 642 g/mol. The van der Waals surface area contributed by atoms with Crippen molar-refractivity contribution in [2.45, 2.75) is 131 Å². The zero-order valence-corrected chi connectivity index (χ0v) is 29.8. The fourth-order valence-corrected chi connectivity index (χ4v) is 22.0. The highest BCUT2D eigenvalue weighted by molar-refractivity contribution is 6.83. The third kappa shape index (κ3) is 6.28. The number of carbonyl (C=O) groups is 1. The first kappa shape index (κ1) is 39.5. The molecule has 0 unspecified atom stereocenters. The molecular weight excluding hydrogens is 583 g/mol. The Morgan fingerprint density at radius 2 is 0.955 bits per heavy atom. The second-order valence-electron chi connectivity index (χ2n) is 13.8. The Labute approximate surface area is 269 Å². The van der Waals surface area contributed by atoms with Gasteiger partial charge in [0.25, 0.3) is 0 Å². The standard InChI is InChI=1S/C18H26FNOSi.C17H26FNSi.2CH4/c1-12(2)22(13(3)4,14(5)6)20-10-9-16-17(20)8-7-15(11-21)18(16)19;1-12(2)20(13(3)4,14(5)6)19-11-10-15-16(18)8-7-9-17(15)19;;/h7-14H,1-6H3;7-14H,1-6H3;2*1H4. The molecule has 0 aliphatic heterocycles. The molecule has 0 atom stereocenters. The third-order valence-corrected chi connectivity index (χ3v) is 23.6. The number of hydrogen-bond donors (Lipinski definition) is 0. The summed E-state index contributed by atoms with van der Waals surface area (Å²) in [4.78, 5) is 11.0. The Bertz CT molecular complexity index is 1470. The predicted molar refractivity (Wildman–Crippen MR) is 196 cm³/mol. The van der Waals surface area contributed by atoms with Crippen molar-refractivity contribution in [3.05, 3.63) is 72.1 Å². The van der Waals surface area contributed by atoms with Crippen molar-refractivity contribution in [3.63, 3.8) is 0 Å². The van der Waals surface area contributed by atoms with Crippen LogP contribution in [-0.2, 0) is 0 Å². The van der Waals surface area contributed by atoms with Crippen LogP contribution in [0.5, 0.6) is 0 Å². The quantitative estimate of drug-likeness (QED) is 0.132. The van der Waals surface area contributed by atoms with Gasteiger partial charge >= 0.3 is 0 Å². The lowest BCUT2D eigenvalue weighted by atomic mass is 10.1. The third-order valence-electron chi connectivity index (χ3n) is 10.0. The zero-order valence-electron chi connectivity index (χ0n) is 27.8. The summed E-state index contributed by atoms with van der Waals surface area (Å²) in [6.45, 7) is 27.7. The Hall–Kier alpha value is -2.52. The van der Waals surface area contributed by atoms with Crippen molar-refractivity contribution >= 4 is 44.6 Å². The van der Waals surface area contributed by atoms with E-state index in [2.05, 4.69) is 104 Å². The van der Waals surface area contributed by atoms with Gasteiger partial charge in [0.05, 0.1) is 5.56 Å². The van der Waals surface area contributed by atoms with Gasteiger partial charge in [0.2, 0.25) is 0 Å². The Morgan fingerprint density at radius 3 is 1.34 bits per heavy atom. The molecule has 0 radical (unpaired) electrons. The molecule has 7 heteroatoms. The second-order valence-corrected chi connectivity index (χ2v) is 25.2. The Balaban J connectivity index is 0.000000422. The normalized spacial score (nSPS) is 12.4. The summed E-state index contributed by atoms with van der Waals surface area (Å²) in [6, 6.07) is 12.7. The van der Waals surface area contributed by atoms with Gasteiger partial charge in [0.1, 0.15) is 11.6 Å². The van der Waals surface area contributed by atoms with E-state index in [9.17, 15) is 13.6 Å². The molecule has 0 saturated heterocycles. The fraction of sp³-hybridized carbons (Fsp3) is 0.541. The summed E-state index contributed by atoms with van der Waals surface area (Å²) < 4.78 is 33.2. The van der Waals surface area contributed by atoms with Crippen LogP contribution in [-0.4, -0.2) is 31.2 Å². The smallest absolute Gasteiger partial charge is 0.169 e. The number of halogens is 2. The van der Waals surface area contributed by atoms with E-state index in [1.165, 1.54) is 0 Å². The highest BCUT2D eigenvalue weighted by Crippen LogP contribution is 2.45. The van der Waals surface area contributed by atoms with E-state index in [-0.39, 0.29) is 26.2 Å². The van der Waals surface area contributed by atoms with E-state index in [1.54, 1.807) is 12.1 Å². The number of carbonyl (C=O) groups excluding carboxylic acids is 1. The van der Waals surface area contributed by atoms with Gasteiger partial charge in [-0.15, -0.1) is 0 Å². The average molecular weight is 643 g/mol. The molecule has 0 fully saturated rings. The molecule has 3 nitrogen and oxygen atoms in total. The number of benzene rings is 2. The zero-order chi connectivity index (χ0) is 31.7. The fourth-order valence-electron chi connectivity index (χ4n) is 8.76. The van der Waals surface area contributed by atoms with Gasteiger partial charge in [-0.25, -0.2) is 8.78 Å². The lowest BCUT2D eigenvalue weighted by Crippen LogP contribution is -2.51. The molecule has 246 valence electrons. The summed E-state index contributed by atoms with van der Waals surface area (Å²) in [5, 5.41) is 1.31. The van der Waals surface area contributed by atoms with Crippen LogP contribution in [0.3, 0.4) is 0 Å². The number of aromatic nitrogens is 2. The number of hydrogen-bond acceptors (Lipinski definition) is 1. The summed E-state index contributed by atoms with van der Waals surface area (Å²) in [7, 11) is -3.69. The van der Waals surface area contributed by atoms with Crippen molar-refractivity contribution in [2.75, 3.05) is 0 Å². The minimum atomic E-state index is -1.90. The van der Waals surface area contributed by atoms with Gasteiger partial charge in [-0.05, 0) is 82.0 Å². The molecule has 0 spiro atoms. The van der Waals surface area contributed by atoms with E-state index in [1.807, 2.05) is 30.5 Å². The highest BCUT2D eigenvalue weighted by Gasteiger charge is 2.46. The maximum atomic E-state index is 14.4. The minimum Gasteiger partial charge on any atom is -0.373 e. The van der Waals surface area contributed by atoms with Gasteiger partial charge in [-0.3, -0.25) is 4.79 Å². The first-order chi connectivity index (χ1) is 19.6. The molecule has 0 saturated carbocycles. The maximum absolute atomic E-state index is 14.4. The van der Waals surface area contributed by atoms with Crippen molar-refractivity contribution in [1.29, 1.82) is 0 Å². The SMILES string of the molecule is C.C.CC(C)[Si](C(C)C)(C(C)C)n1ccc2c(F)c(C=O)ccc21.CC(C)[Si](C(C)C)(C(C)C)n1ccc2c(F)cccc21. The molecule has 44 heavy (non-hydrogen) atoms. The summed E-state index contributed by atoms with van der Waals surface area (Å²) >= 11 is 0. The van der Waals surface area contributed by atoms with E-state index in [4.69, 9.17) is 0 Å². The molecule has 0 amide bonds. The summed E-state index contributed by atoms with van der Waals surface area (Å²) in [5.74, 6) is -0.508. The molecule has 4 rings (SSSR count). The average Bonchev–Trinajstić information content (AvgIpc) is 3.51. The molecular formula is C37H60F2N2OSi2. The predicted octanol–water partition coefficient (Wildman–Crippen LogP) is 12.7. The highest BCUT2D eigenvalue weighted by atomic mass is 28.3. The molecule has 2 heterocycles. The minimum absolute atomic E-state index is 0. The van der Waals surface area contributed by atoms with E-state index in [0.29, 0.717) is 44.9 Å². The van der Waals surface area contributed by atoms with Gasteiger partial charge in [0, 0.05) is 21.8 Å². The van der Waals surface area contributed by atoms with Crippen LogP contribution in [0.4, 0.5) is 8.78 Å². The lowest BCUT2D eigenvalue weighted by molar-refractivity contribution is 0.112. The van der Waals surface area contributed by atoms with Gasteiger partial charge in [-0.1, -0.05) is 104 Å². The topological polar surface area (TPSA) is 26.9 Å². The number of fused-ring (bicyclic) bond motifs is 2. The number of aldehydes is 1. The number of rotatable bonds is 9. The van der Waals surface area contributed by atoms with E-state index >= 15 is 0 Å². The van der Waals surface area contributed by atoms with Crippen LogP contribution < -0.4 is 0 Å². The van der Waals surface area contributed by atoms with Crippen molar-refractivity contribution < 1.29 is 13.6 Å². The largest absolute Gasteiger partial charge is 0.373 e. The van der Waals surface area contributed by atoms with Crippen LogP contribution in [0.2, 0.25) is 33.2 Å². The maximum Gasteiger partial charge on any atom is 0.169 e. The second kappa shape index (κ2) is 15.2. The molecule has 2 aromatic carbocycles. The number of nitrogens with zero attached hydrogens (tertiary/aromatic N) is 2. The lowest BCUT2D eigenvalue weighted by Gasteiger charge is -2.44. The first-order valence-electron chi connectivity index (χ1n) is 15.6. The molecule has 4 aromatic rings. The molecule has 0 bridgehead atoms. The van der Waals surface area contributed by atoms with Gasteiger partial charge < -0.3 is 8.47 Å². The van der Waals surface area contributed by atoms with E-state index in [0.717, 1.165) is 16.4 Å². The summed E-state index contributed by atoms with van der Waals surface area (Å²) in [5.41, 5.74) is 5.57. The molecule has 0 aliphatic carbocycles. The first-order valence-corrected chi connectivity index (χ1v) is 20.0. The molecule has 0 aliphatic rings. The van der Waals surface area contributed by atoms with Crippen LogP contribution >= 0.6 is 0 Å². The Kier molecular flexibility index (Phi) is 13.6. The van der Waals surface area contributed by atoms with Crippen LogP contribution in [0.15, 0.2) is 54.9 Å². The van der Waals surface area contributed by atoms with Crippen molar-refractivity contribution in [3.8, 4) is 0 Å². The van der Waals surface area contributed by atoms with Gasteiger partial charge in [0.15, 0.2) is 22.8 Å². The van der Waals surface area contributed by atoms with Crippen LogP contribution in [0, 0.1) is 11.6 Å². The van der Waals surface area contributed by atoms with Crippen molar-refractivity contribution in [1.82, 2.24) is 8.47 Å². The van der Waals surface area contributed by atoms with Gasteiger partial charge in [-0.2, -0.15) is 0 Å². The van der Waals surface area contributed by atoms with Crippen molar-refractivity contribution in [2.24, 2.45) is 0 Å². The molecule has 2 aromatic heterocycles. The van der Waals surface area contributed by atoms with Crippen LogP contribution in [0.1, 0.15) is 108 Å². The summed E-state index contributed by atoms with van der Waals surface area (Å²) in [6.07, 6.45) is 4.75. The Morgan fingerprint density at radius 1 is 0.568 bits per heavy atom.